The van der Waals surface area contributed by atoms with Crippen molar-refractivity contribution in [2.24, 2.45) is 10.9 Å². The normalized spacial score (nSPS) is 13.7. The van der Waals surface area contributed by atoms with Crippen LogP contribution in [0.4, 0.5) is 20.5 Å². The Hall–Kier alpha value is -2.90. The Morgan fingerprint density at radius 2 is 1.85 bits per heavy atom. The quantitative estimate of drug-likeness (QED) is 0.427. The lowest BCUT2D eigenvalue weighted by atomic mass is 9.91. The summed E-state index contributed by atoms with van der Waals surface area (Å²) in [5.41, 5.74) is 10.5. The van der Waals surface area contributed by atoms with Crippen LogP contribution in [-0.2, 0) is 0 Å². The minimum atomic E-state index is -2.12. The highest BCUT2D eigenvalue weighted by Crippen LogP contribution is 2.28. The minimum Gasteiger partial charge on any atom is -0.367 e. The van der Waals surface area contributed by atoms with Crippen LogP contribution in [0.2, 0.25) is 0 Å². The maximum atomic E-state index is 10.8. The molecule has 0 spiro atoms. The number of nitrogens with two attached hydrogens (primary N) is 1. The molecule has 33 heavy (non-hydrogen) atoms. The summed E-state index contributed by atoms with van der Waals surface area (Å²) in [6, 6.07) is 4.05. The summed E-state index contributed by atoms with van der Waals surface area (Å²) in [7, 11) is 0. The molecule has 6 nitrogen and oxygen atoms in total. The number of pyridine rings is 1. The molecule has 180 valence electrons. The van der Waals surface area contributed by atoms with E-state index in [0.717, 1.165) is 39.7 Å². The standard InChI is InChI=1S/C15H16N6.C7H14.C3H6F2/c1-9(2)19-14-10(3)6-11(7-17-14)12-4-5-21-13(12)8-18-15(16)20-21;1-7-5-3-2-4-6-7;1-2-3(4)5/h4-8H,1-3H3,(H2,16,20);7H,2-6H2,1H3;3H,2H2,1H3. The Kier molecular flexibility index (Phi) is 10.4. The SMILES string of the molecule is CC(C)=Nc1ncc(-c2ccn3nc(N)ncc23)cc1C.CC1CCCCC1.CCC(F)F. The zero-order valence-electron chi connectivity index (χ0n) is 20.4. The zero-order chi connectivity index (χ0) is 24.4. The predicted molar refractivity (Wildman–Crippen MR) is 132 cm³/mol. The fraction of sp³-hybridized carbons (Fsp3) is 0.520. The number of halogens is 2. The third kappa shape index (κ3) is 8.51. The van der Waals surface area contributed by atoms with Crippen LogP contribution in [-0.4, -0.2) is 31.7 Å². The van der Waals surface area contributed by atoms with Gasteiger partial charge in [0.2, 0.25) is 12.4 Å². The molecule has 4 rings (SSSR count). The van der Waals surface area contributed by atoms with Crippen molar-refractivity contribution in [1.82, 2.24) is 19.6 Å². The van der Waals surface area contributed by atoms with Crippen molar-refractivity contribution in [3.8, 4) is 11.1 Å². The zero-order valence-corrected chi connectivity index (χ0v) is 20.4. The Morgan fingerprint density at radius 1 is 1.18 bits per heavy atom. The van der Waals surface area contributed by atoms with E-state index in [1.54, 1.807) is 10.7 Å². The number of nitrogen functional groups attached to an aromatic ring is 1. The minimum absolute atomic E-state index is 0.0278. The van der Waals surface area contributed by atoms with Gasteiger partial charge < -0.3 is 5.73 Å². The second-order valence-corrected chi connectivity index (χ2v) is 8.64. The van der Waals surface area contributed by atoms with Gasteiger partial charge in [-0.1, -0.05) is 46.0 Å². The molecule has 0 radical (unpaired) electrons. The summed E-state index contributed by atoms with van der Waals surface area (Å²) in [6.45, 7) is 9.73. The first kappa shape index (κ1) is 26.4. The molecule has 0 aromatic carbocycles. The van der Waals surface area contributed by atoms with E-state index in [1.807, 2.05) is 39.2 Å². The van der Waals surface area contributed by atoms with Crippen LogP contribution in [0.1, 0.15) is 71.8 Å². The molecule has 1 aliphatic carbocycles. The van der Waals surface area contributed by atoms with Gasteiger partial charge in [0.15, 0.2) is 5.82 Å². The highest BCUT2D eigenvalue weighted by molar-refractivity contribution is 5.83. The van der Waals surface area contributed by atoms with E-state index in [1.165, 1.54) is 39.0 Å². The molecule has 0 saturated heterocycles. The van der Waals surface area contributed by atoms with Gasteiger partial charge in [-0.05, 0) is 44.4 Å². The number of hydrogen-bond donors (Lipinski definition) is 1. The van der Waals surface area contributed by atoms with Gasteiger partial charge in [-0.3, -0.25) is 0 Å². The van der Waals surface area contributed by atoms with Gasteiger partial charge in [0.05, 0.1) is 11.7 Å². The molecular formula is C25H36F2N6. The number of alkyl halides is 2. The Morgan fingerprint density at radius 3 is 2.36 bits per heavy atom. The molecule has 0 atom stereocenters. The average Bonchev–Trinajstić information content (AvgIpc) is 3.19. The number of aryl methyl sites for hydroxylation is 1. The summed E-state index contributed by atoms with van der Waals surface area (Å²) < 4.78 is 23.2. The molecule has 8 heteroatoms. The van der Waals surface area contributed by atoms with E-state index in [9.17, 15) is 8.78 Å². The third-order valence-electron chi connectivity index (χ3n) is 5.33. The van der Waals surface area contributed by atoms with Crippen LogP contribution in [0.3, 0.4) is 0 Å². The van der Waals surface area contributed by atoms with Crippen molar-refractivity contribution in [3.05, 3.63) is 36.3 Å². The number of nitrogens with zero attached hydrogens (tertiary/aromatic N) is 5. The second-order valence-electron chi connectivity index (χ2n) is 8.64. The lowest BCUT2D eigenvalue weighted by molar-refractivity contribution is 0.144. The van der Waals surface area contributed by atoms with Crippen LogP contribution >= 0.6 is 0 Å². The predicted octanol–water partition coefficient (Wildman–Crippen LogP) is 7.04. The summed E-state index contributed by atoms with van der Waals surface area (Å²) in [5, 5.41) is 4.14. The van der Waals surface area contributed by atoms with Gasteiger partial charge in [-0.25, -0.2) is 28.3 Å². The van der Waals surface area contributed by atoms with Gasteiger partial charge in [0.25, 0.3) is 0 Å². The molecule has 1 aliphatic rings. The lowest BCUT2D eigenvalue weighted by Gasteiger charge is -2.15. The first-order chi connectivity index (χ1) is 15.7. The van der Waals surface area contributed by atoms with Crippen LogP contribution < -0.4 is 5.73 Å². The average molecular weight is 459 g/mol. The van der Waals surface area contributed by atoms with E-state index < -0.39 is 6.43 Å². The molecule has 1 saturated carbocycles. The van der Waals surface area contributed by atoms with Crippen molar-refractivity contribution in [2.45, 2.75) is 79.6 Å². The highest BCUT2D eigenvalue weighted by Gasteiger charge is 2.09. The third-order valence-corrected chi connectivity index (χ3v) is 5.33. The number of anilines is 1. The van der Waals surface area contributed by atoms with Crippen molar-refractivity contribution in [3.63, 3.8) is 0 Å². The number of aromatic nitrogens is 4. The smallest absolute Gasteiger partial charge is 0.238 e. The van der Waals surface area contributed by atoms with Gasteiger partial charge >= 0.3 is 0 Å². The van der Waals surface area contributed by atoms with Crippen LogP contribution in [0, 0.1) is 12.8 Å². The largest absolute Gasteiger partial charge is 0.367 e. The monoisotopic (exact) mass is 458 g/mol. The van der Waals surface area contributed by atoms with E-state index in [0.29, 0.717) is 0 Å². The van der Waals surface area contributed by atoms with Crippen molar-refractivity contribution < 1.29 is 8.78 Å². The van der Waals surface area contributed by atoms with Crippen molar-refractivity contribution >= 4 is 23.0 Å². The summed E-state index contributed by atoms with van der Waals surface area (Å²) in [4.78, 5) is 12.9. The Bertz CT molecular complexity index is 1030. The molecule has 3 heterocycles. The van der Waals surface area contributed by atoms with E-state index in [2.05, 4.69) is 33.0 Å². The Labute approximate surface area is 195 Å². The summed E-state index contributed by atoms with van der Waals surface area (Å²) in [5.74, 6) is 2.04. The first-order valence-electron chi connectivity index (χ1n) is 11.6. The second kappa shape index (κ2) is 13.0. The molecule has 2 N–H and O–H groups in total. The van der Waals surface area contributed by atoms with Gasteiger partial charge in [-0.2, -0.15) is 0 Å². The number of rotatable bonds is 3. The molecule has 3 aromatic heterocycles. The Balaban J connectivity index is 0.000000264. The fourth-order valence-corrected chi connectivity index (χ4v) is 3.51. The molecule has 0 bridgehead atoms. The molecule has 0 amide bonds. The van der Waals surface area contributed by atoms with Crippen LogP contribution in [0.5, 0.6) is 0 Å². The summed E-state index contributed by atoms with van der Waals surface area (Å²) >= 11 is 0. The molecule has 3 aromatic rings. The maximum absolute atomic E-state index is 10.8. The summed E-state index contributed by atoms with van der Waals surface area (Å²) in [6.07, 6.45) is 10.7. The maximum Gasteiger partial charge on any atom is 0.238 e. The highest BCUT2D eigenvalue weighted by atomic mass is 19.3. The van der Waals surface area contributed by atoms with Crippen LogP contribution in [0.25, 0.3) is 16.6 Å². The van der Waals surface area contributed by atoms with Gasteiger partial charge in [0.1, 0.15) is 0 Å². The topological polar surface area (TPSA) is 81.5 Å². The fourth-order valence-electron chi connectivity index (χ4n) is 3.51. The number of hydrogen-bond acceptors (Lipinski definition) is 5. The van der Waals surface area contributed by atoms with E-state index in [4.69, 9.17) is 5.73 Å². The number of fused-ring (bicyclic) bond motifs is 1. The molecule has 1 fully saturated rings. The van der Waals surface area contributed by atoms with Gasteiger partial charge in [0, 0.05) is 35.7 Å². The van der Waals surface area contributed by atoms with E-state index >= 15 is 0 Å². The van der Waals surface area contributed by atoms with Crippen molar-refractivity contribution in [1.29, 1.82) is 0 Å². The van der Waals surface area contributed by atoms with Gasteiger partial charge in [-0.15, -0.1) is 5.10 Å². The lowest BCUT2D eigenvalue weighted by Crippen LogP contribution is -1.99. The molecular weight excluding hydrogens is 422 g/mol. The molecule has 0 unspecified atom stereocenters. The number of aliphatic imine (C=N–C) groups is 1. The van der Waals surface area contributed by atoms with Crippen LogP contribution in [0.15, 0.2) is 35.7 Å². The first-order valence-corrected chi connectivity index (χ1v) is 11.6. The van der Waals surface area contributed by atoms with E-state index in [-0.39, 0.29) is 12.4 Å². The van der Waals surface area contributed by atoms with Crippen molar-refractivity contribution in [2.75, 3.05) is 5.73 Å². The molecule has 0 aliphatic heterocycles.